The maximum Gasteiger partial charge on any atom is 0.416 e. The van der Waals surface area contributed by atoms with Gasteiger partial charge in [-0.1, -0.05) is 18.6 Å². The number of carboxylic acid groups (broad SMARTS) is 1. The number of benzene rings is 1. The summed E-state index contributed by atoms with van der Waals surface area (Å²) in [7, 11) is 3.79. The molecule has 4 rings (SSSR count). The lowest BCUT2D eigenvalue weighted by molar-refractivity contribution is -0.137. The Kier molecular flexibility index (Phi) is 9.68. The molecule has 0 saturated heterocycles. The van der Waals surface area contributed by atoms with Crippen LogP contribution in [-0.2, 0) is 12.6 Å². The zero-order valence-corrected chi connectivity index (χ0v) is 24.0. The van der Waals surface area contributed by atoms with Crippen LogP contribution in [0.5, 0.6) is 0 Å². The highest BCUT2D eigenvalue weighted by molar-refractivity contribution is 5.92. The van der Waals surface area contributed by atoms with Crippen molar-refractivity contribution >= 4 is 28.2 Å². The highest BCUT2D eigenvalue weighted by Gasteiger charge is 2.33. The normalized spacial score (nSPS) is 14.9. The second-order valence-corrected chi connectivity index (χ2v) is 10.1. The standard InChI is InChI=1S/C30H30F3N3O4.C2H2/c1-6-21-7-8-24(27(35-21)29(38)39)34-17(3)22-12-20(30(31,32)33)13-23-25(37)14-26(40-28(22)23)19-10-16(2)9-18(11-19)15-36(4)5;1-2/h7-8,10-15,17,34H,6,9H2,1-5H3,(H,38,39);1-2H/b18-15+;. The third-order valence-electron chi connectivity index (χ3n) is 6.48. The molecule has 1 aliphatic carbocycles. The Bertz CT molecular complexity index is 1680. The minimum Gasteiger partial charge on any atom is -0.476 e. The van der Waals surface area contributed by atoms with E-state index >= 15 is 0 Å². The van der Waals surface area contributed by atoms with Crippen molar-refractivity contribution in [2.75, 3.05) is 19.4 Å². The molecule has 0 amide bonds. The minimum absolute atomic E-state index is 0.0128. The molecule has 3 aromatic rings. The van der Waals surface area contributed by atoms with Crippen LogP contribution in [0.25, 0.3) is 16.5 Å². The number of terminal acetylenes is 1. The predicted molar refractivity (Wildman–Crippen MR) is 158 cm³/mol. The number of carbonyl (C=O) groups is 1. The second kappa shape index (κ2) is 12.8. The lowest BCUT2D eigenvalue weighted by Gasteiger charge is -2.21. The number of anilines is 1. The molecule has 0 radical (unpaired) electrons. The van der Waals surface area contributed by atoms with Crippen LogP contribution in [0.15, 0.2) is 69.0 Å². The van der Waals surface area contributed by atoms with Crippen molar-refractivity contribution in [3.63, 3.8) is 0 Å². The molecule has 0 saturated carbocycles. The van der Waals surface area contributed by atoms with Gasteiger partial charge in [0.25, 0.3) is 0 Å². The van der Waals surface area contributed by atoms with Crippen molar-refractivity contribution in [3.8, 4) is 12.8 Å². The van der Waals surface area contributed by atoms with Crippen LogP contribution in [0.2, 0.25) is 0 Å². The Hall–Kier alpha value is -4.78. The van der Waals surface area contributed by atoms with Crippen LogP contribution >= 0.6 is 0 Å². The van der Waals surface area contributed by atoms with E-state index in [9.17, 15) is 27.9 Å². The van der Waals surface area contributed by atoms with Crippen LogP contribution in [0, 0.1) is 12.8 Å². The van der Waals surface area contributed by atoms with E-state index in [1.165, 1.54) is 12.1 Å². The number of allylic oxidation sites excluding steroid dienone is 5. The summed E-state index contributed by atoms with van der Waals surface area (Å²) in [4.78, 5) is 31.1. The molecular weight excluding hydrogens is 547 g/mol. The number of hydrogen-bond donors (Lipinski definition) is 2. The molecule has 10 heteroatoms. The van der Waals surface area contributed by atoms with E-state index in [0.717, 1.165) is 23.3 Å². The molecule has 1 unspecified atom stereocenters. The van der Waals surface area contributed by atoms with Gasteiger partial charge in [-0.25, -0.2) is 9.78 Å². The van der Waals surface area contributed by atoms with E-state index in [-0.39, 0.29) is 33.7 Å². The largest absolute Gasteiger partial charge is 0.476 e. The zero-order valence-electron chi connectivity index (χ0n) is 24.0. The quantitative estimate of drug-likeness (QED) is 0.289. The van der Waals surface area contributed by atoms with Crippen LogP contribution in [0.3, 0.4) is 0 Å². The summed E-state index contributed by atoms with van der Waals surface area (Å²) in [5.41, 5.74) is 1.48. The summed E-state index contributed by atoms with van der Waals surface area (Å²) < 4.78 is 47.8. The van der Waals surface area contributed by atoms with Crippen LogP contribution in [-0.4, -0.2) is 35.1 Å². The van der Waals surface area contributed by atoms with Gasteiger partial charge in [-0.05, 0) is 62.6 Å². The first-order valence-electron chi connectivity index (χ1n) is 13.0. The second-order valence-electron chi connectivity index (χ2n) is 10.1. The summed E-state index contributed by atoms with van der Waals surface area (Å²) in [6.45, 7) is 5.35. The Morgan fingerprint density at radius 1 is 1.21 bits per heavy atom. The topological polar surface area (TPSA) is 95.7 Å². The first kappa shape index (κ1) is 31.7. The van der Waals surface area contributed by atoms with E-state index < -0.39 is 29.2 Å². The summed E-state index contributed by atoms with van der Waals surface area (Å²) in [6.07, 6.45) is 10.2. The van der Waals surface area contributed by atoms with Gasteiger partial charge in [-0.3, -0.25) is 4.79 Å². The SMILES string of the molecule is C#C.CCc1ccc(NC(C)c2cc(C(F)(F)F)cc3c(=O)cc(C4=C/C(=C/N(C)C)CC(C)=C4)oc23)c(C(=O)O)n1. The van der Waals surface area contributed by atoms with Crippen molar-refractivity contribution in [2.45, 2.75) is 45.8 Å². The zero-order chi connectivity index (χ0) is 31.4. The number of carboxylic acids is 1. The van der Waals surface area contributed by atoms with Crippen molar-refractivity contribution in [1.82, 2.24) is 9.88 Å². The van der Waals surface area contributed by atoms with Crippen molar-refractivity contribution in [2.24, 2.45) is 0 Å². The molecule has 2 N–H and O–H groups in total. The summed E-state index contributed by atoms with van der Waals surface area (Å²) in [6, 6.07) is 5.21. The van der Waals surface area contributed by atoms with Gasteiger partial charge in [-0.15, -0.1) is 12.8 Å². The molecule has 0 aliphatic heterocycles. The molecule has 1 atom stereocenters. The number of rotatable bonds is 7. The fourth-order valence-electron chi connectivity index (χ4n) is 4.69. The Labute approximate surface area is 242 Å². The number of fused-ring (bicyclic) bond motifs is 1. The first-order chi connectivity index (χ1) is 19.8. The van der Waals surface area contributed by atoms with Gasteiger partial charge in [0.05, 0.1) is 22.7 Å². The molecule has 7 nitrogen and oxygen atoms in total. The monoisotopic (exact) mass is 579 g/mol. The maximum absolute atomic E-state index is 13.9. The number of aromatic nitrogens is 1. The van der Waals surface area contributed by atoms with Crippen molar-refractivity contribution in [1.29, 1.82) is 0 Å². The van der Waals surface area contributed by atoms with E-state index in [0.29, 0.717) is 24.1 Å². The molecule has 1 aliphatic rings. The average Bonchev–Trinajstić information content (AvgIpc) is 2.92. The fraction of sp³-hybridized carbons (Fsp3) is 0.281. The average molecular weight is 580 g/mol. The molecule has 2 aromatic heterocycles. The molecule has 1 aromatic carbocycles. The van der Waals surface area contributed by atoms with Crippen LogP contribution in [0.4, 0.5) is 18.9 Å². The highest BCUT2D eigenvalue weighted by Crippen LogP contribution is 2.37. The van der Waals surface area contributed by atoms with Crippen molar-refractivity contribution in [3.05, 3.63) is 98.3 Å². The number of alkyl halides is 3. The van der Waals surface area contributed by atoms with Crippen LogP contribution < -0.4 is 10.7 Å². The summed E-state index contributed by atoms with van der Waals surface area (Å²) >= 11 is 0. The number of hydrogen-bond acceptors (Lipinski definition) is 6. The number of aryl methyl sites for hydroxylation is 1. The Morgan fingerprint density at radius 3 is 2.50 bits per heavy atom. The summed E-state index contributed by atoms with van der Waals surface area (Å²) in [5, 5.41) is 12.4. The van der Waals surface area contributed by atoms with E-state index in [4.69, 9.17) is 4.42 Å². The number of halogens is 3. The third kappa shape index (κ3) is 7.10. The predicted octanol–water partition coefficient (Wildman–Crippen LogP) is 7.07. The minimum atomic E-state index is -4.72. The van der Waals surface area contributed by atoms with Gasteiger partial charge < -0.3 is 19.7 Å². The van der Waals surface area contributed by atoms with Gasteiger partial charge in [0, 0.05) is 43.2 Å². The molecular formula is C32H32F3N3O4. The Balaban J connectivity index is 0.00000237. The number of aromatic carboxylic acids is 1. The lowest BCUT2D eigenvalue weighted by Crippen LogP contribution is -2.16. The number of pyridine rings is 1. The highest BCUT2D eigenvalue weighted by atomic mass is 19.4. The third-order valence-corrected chi connectivity index (χ3v) is 6.48. The lowest BCUT2D eigenvalue weighted by atomic mass is 9.94. The fourth-order valence-corrected chi connectivity index (χ4v) is 4.69. The smallest absolute Gasteiger partial charge is 0.416 e. The molecule has 0 bridgehead atoms. The van der Waals surface area contributed by atoms with Gasteiger partial charge >= 0.3 is 12.1 Å². The molecule has 2 heterocycles. The number of nitrogens with one attached hydrogen (secondary N) is 1. The van der Waals surface area contributed by atoms with E-state index in [2.05, 4.69) is 23.1 Å². The van der Waals surface area contributed by atoms with Crippen molar-refractivity contribution < 1.29 is 27.5 Å². The molecule has 220 valence electrons. The molecule has 0 spiro atoms. The Morgan fingerprint density at radius 2 is 1.90 bits per heavy atom. The van der Waals surface area contributed by atoms with Gasteiger partial charge in [-0.2, -0.15) is 13.2 Å². The summed E-state index contributed by atoms with van der Waals surface area (Å²) in [5.74, 6) is -1.06. The van der Waals surface area contributed by atoms with E-state index in [1.54, 1.807) is 13.0 Å². The van der Waals surface area contributed by atoms with E-state index in [1.807, 2.05) is 51.2 Å². The molecule has 42 heavy (non-hydrogen) atoms. The number of nitrogens with zero attached hydrogens (tertiary/aromatic N) is 2. The first-order valence-corrected chi connectivity index (χ1v) is 13.0. The maximum atomic E-state index is 13.9. The van der Waals surface area contributed by atoms with Crippen LogP contribution in [0.1, 0.15) is 66.3 Å². The molecule has 0 fully saturated rings. The van der Waals surface area contributed by atoms with Gasteiger partial charge in [0.2, 0.25) is 0 Å². The van der Waals surface area contributed by atoms with Gasteiger partial charge in [0.15, 0.2) is 11.1 Å². The van der Waals surface area contributed by atoms with Gasteiger partial charge in [0.1, 0.15) is 11.3 Å².